The zero-order chi connectivity index (χ0) is 19.5. The molecule has 2 rings (SSSR count). The van der Waals surface area contributed by atoms with Crippen LogP contribution in [-0.4, -0.2) is 43.0 Å². The molecule has 2 N–H and O–H groups in total. The average Bonchev–Trinajstić information content (AvgIpc) is 2.66. The van der Waals surface area contributed by atoms with E-state index in [1.165, 1.54) is 6.21 Å². The third-order valence-corrected chi connectivity index (χ3v) is 3.17. The number of benzene rings is 2. The van der Waals surface area contributed by atoms with Crippen molar-refractivity contribution >= 4 is 18.1 Å². The van der Waals surface area contributed by atoms with Gasteiger partial charge in [0.15, 0.2) is 24.7 Å². The molecule has 0 aliphatic rings. The number of hydrazone groups is 1. The van der Waals surface area contributed by atoms with Crippen molar-refractivity contribution in [2.45, 2.75) is 6.92 Å². The third-order valence-electron chi connectivity index (χ3n) is 3.17. The van der Waals surface area contributed by atoms with E-state index >= 15 is 0 Å². The summed E-state index contributed by atoms with van der Waals surface area (Å²) in [7, 11) is 0. The van der Waals surface area contributed by atoms with E-state index in [1.54, 1.807) is 42.5 Å². The first-order valence-corrected chi connectivity index (χ1v) is 8.20. The van der Waals surface area contributed by atoms with Crippen molar-refractivity contribution in [2.24, 2.45) is 5.10 Å². The van der Waals surface area contributed by atoms with Crippen LogP contribution in [0.2, 0.25) is 0 Å². The van der Waals surface area contributed by atoms with Crippen LogP contribution < -0.4 is 19.6 Å². The van der Waals surface area contributed by atoms with Crippen LogP contribution in [0.25, 0.3) is 0 Å². The molecule has 0 aliphatic carbocycles. The Morgan fingerprint density at radius 1 is 0.963 bits per heavy atom. The summed E-state index contributed by atoms with van der Waals surface area (Å²) < 4.78 is 16.0. The predicted octanol–water partition coefficient (Wildman–Crippen LogP) is 2.08. The Balaban J connectivity index is 1.88. The standard InChI is InChI=1S/C19H20N2O6/c1-2-25-16-9-5-6-10-17(16)26-12-18(22)21-20-11-14-7-3-4-8-15(14)27-13-19(23)24/h3-11H,2,12-13H2,1H3,(H,21,22)(H,23,24)/b20-11+. The Labute approximate surface area is 156 Å². The summed E-state index contributed by atoms with van der Waals surface area (Å²) in [4.78, 5) is 22.5. The van der Waals surface area contributed by atoms with E-state index in [-0.39, 0.29) is 6.61 Å². The Bertz CT molecular complexity index is 806. The second-order valence-electron chi connectivity index (χ2n) is 5.18. The quantitative estimate of drug-likeness (QED) is 0.488. The molecule has 0 fully saturated rings. The van der Waals surface area contributed by atoms with Crippen LogP contribution in [0.15, 0.2) is 53.6 Å². The molecule has 2 aromatic carbocycles. The van der Waals surface area contributed by atoms with Gasteiger partial charge in [-0.2, -0.15) is 5.10 Å². The Kier molecular flexibility index (Phi) is 7.65. The van der Waals surface area contributed by atoms with Gasteiger partial charge < -0.3 is 19.3 Å². The van der Waals surface area contributed by atoms with Gasteiger partial charge in [-0.05, 0) is 31.2 Å². The van der Waals surface area contributed by atoms with Crippen LogP contribution in [-0.2, 0) is 9.59 Å². The van der Waals surface area contributed by atoms with Gasteiger partial charge in [0.2, 0.25) is 0 Å². The van der Waals surface area contributed by atoms with Crippen molar-refractivity contribution in [1.29, 1.82) is 0 Å². The zero-order valence-corrected chi connectivity index (χ0v) is 14.8. The third kappa shape index (κ3) is 6.69. The number of carbonyl (C=O) groups excluding carboxylic acids is 1. The lowest BCUT2D eigenvalue weighted by Gasteiger charge is -2.10. The average molecular weight is 372 g/mol. The zero-order valence-electron chi connectivity index (χ0n) is 14.8. The Morgan fingerprint density at radius 3 is 2.22 bits per heavy atom. The molecule has 0 radical (unpaired) electrons. The number of carbonyl (C=O) groups is 2. The van der Waals surface area contributed by atoms with Crippen molar-refractivity contribution in [3.05, 3.63) is 54.1 Å². The molecule has 0 bridgehead atoms. The first kappa shape index (κ1) is 19.8. The first-order valence-electron chi connectivity index (χ1n) is 8.20. The highest BCUT2D eigenvalue weighted by atomic mass is 16.5. The smallest absolute Gasteiger partial charge is 0.341 e. The minimum atomic E-state index is -1.08. The predicted molar refractivity (Wildman–Crippen MR) is 98.4 cm³/mol. The molecule has 8 heteroatoms. The fraction of sp³-hybridized carbons (Fsp3) is 0.211. The molecular weight excluding hydrogens is 352 g/mol. The lowest BCUT2D eigenvalue weighted by atomic mass is 10.2. The maximum atomic E-state index is 11.9. The highest BCUT2D eigenvalue weighted by molar-refractivity contribution is 5.85. The molecule has 27 heavy (non-hydrogen) atoms. The molecule has 0 heterocycles. The number of hydrogen-bond donors (Lipinski definition) is 2. The molecule has 0 spiro atoms. The van der Waals surface area contributed by atoms with E-state index in [0.29, 0.717) is 29.4 Å². The summed E-state index contributed by atoms with van der Waals surface area (Å²) in [6, 6.07) is 13.8. The van der Waals surface area contributed by atoms with Crippen LogP contribution in [0.4, 0.5) is 0 Å². The number of aliphatic carboxylic acids is 1. The second-order valence-corrected chi connectivity index (χ2v) is 5.18. The van der Waals surface area contributed by atoms with Crippen LogP contribution in [0.3, 0.4) is 0 Å². The maximum Gasteiger partial charge on any atom is 0.341 e. The van der Waals surface area contributed by atoms with Crippen molar-refractivity contribution in [3.8, 4) is 17.2 Å². The lowest BCUT2D eigenvalue weighted by molar-refractivity contribution is -0.139. The van der Waals surface area contributed by atoms with Gasteiger partial charge in [-0.25, -0.2) is 10.2 Å². The minimum Gasteiger partial charge on any atom is -0.490 e. The van der Waals surface area contributed by atoms with Crippen molar-refractivity contribution in [2.75, 3.05) is 19.8 Å². The van der Waals surface area contributed by atoms with Gasteiger partial charge in [0.1, 0.15) is 5.75 Å². The number of carboxylic acid groups (broad SMARTS) is 1. The minimum absolute atomic E-state index is 0.238. The fourth-order valence-corrected chi connectivity index (χ4v) is 2.05. The van der Waals surface area contributed by atoms with Crippen LogP contribution in [0.1, 0.15) is 12.5 Å². The number of amides is 1. The van der Waals surface area contributed by atoms with E-state index in [4.69, 9.17) is 19.3 Å². The summed E-state index contributed by atoms with van der Waals surface area (Å²) >= 11 is 0. The van der Waals surface area contributed by atoms with Gasteiger partial charge in [-0.3, -0.25) is 4.79 Å². The van der Waals surface area contributed by atoms with E-state index in [1.807, 2.05) is 13.0 Å². The normalized spacial score (nSPS) is 10.4. The number of para-hydroxylation sites is 3. The van der Waals surface area contributed by atoms with E-state index < -0.39 is 18.5 Å². The van der Waals surface area contributed by atoms with E-state index in [2.05, 4.69) is 10.5 Å². The fourth-order valence-electron chi connectivity index (χ4n) is 2.05. The molecule has 0 saturated heterocycles. The van der Waals surface area contributed by atoms with Gasteiger partial charge in [-0.15, -0.1) is 0 Å². The number of ether oxygens (including phenoxy) is 3. The van der Waals surface area contributed by atoms with Crippen molar-refractivity contribution in [3.63, 3.8) is 0 Å². The molecule has 0 atom stereocenters. The molecule has 8 nitrogen and oxygen atoms in total. The van der Waals surface area contributed by atoms with Crippen LogP contribution in [0.5, 0.6) is 17.2 Å². The van der Waals surface area contributed by atoms with Crippen LogP contribution in [0, 0.1) is 0 Å². The van der Waals surface area contributed by atoms with Gasteiger partial charge in [0.25, 0.3) is 5.91 Å². The van der Waals surface area contributed by atoms with E-state index in [9.17, 15) is 9.59 Å². The first-order chi connectivity index (χ1) is 13.1. The summed E-state index contributed by atoms with van der Waals surface area (Å²) in [5.74, 6) is -0.174. The highest BCUT2D eigenvalue weighted by Crippen LogP contribution is 2.26. The highest BCUT2D eigenvalue weighted by Gasteiger charge is 2.07. The molecular formula is C19H20N2O6. The molecule has 0 aromatic heterocycles. The molecule has 1 amide bonds. The maximum absolute atomic E-state index is 11.9. The summed E-state index contributed by atoms with van der Waals surface area (Å²) in [6.45, 7) is 1.64. The van der Waals surface area contributed by atoms with Gasteiger partial charge in [0, 0.05) is 5.56 Å². The monoisotopic (exact) mass is 372 g/mol. The van der Waals surface area contributed by atoms with Gasteiger partial charge in [-0.1, -0.05) is 24.3 Å². The lowest BCUT2D eigenvalue weighted by Crippen LogP contribution is -2.24. The summed E-state index contributed by atoms with van der Waals surface area (Å²) in [5, 5.41) is 12.5. The van der Waals surface area contributed by atoms with Crippen molar-refractivity contribution < 1.29 is 28.9 Å². The summed E-state index contributed by atoms with van der Waals surface area (Å²) in [6.07, 6.45) is 1.36. The molecule has 142 valence electrons. The van der Waals surface area contributed by atoms with Gasteiger partial charge >= 0.3 is 5.97 Å². The number of nitrogens with zero attached hydrogens (tertiary/aromatic N) is 1. The molecule has 0 saturated carbocycles. The number of carboxylic acids is 1. The van der Waals surface area contributed by atoms with E-state index in [0.717, 1.165) is 0 Å². The molecule has 0 unspecified atom stereocenters. The largest absolute Gasteiger partial charge is 0.490 e. The van der Waals surface area contributed by atoms with Crippen LogP contribution >= 0.6 is 0 Å². The van der Waals surface area contributed by atoms with Gasteiger partial charge in [0.05, 0.1) is 12.8 Å². The number of nitrogens with one attached hydrogen (secondary N) is 1. The molecule has 0 aliphatic heterocycles. The SMILES string of the molecule is CCOc1ccccc1OCC(=O)N/N=C/c1ccccc1OCC(=O)O. The Morgan fingerprint density at radius 2 is 1.56 bits per heavy atom. The molecule has 2 aromatic rings. The number of rotatable bonds is 10. The topological polar surface area (TPSA) is 106 Å². The second kappa shape index (κ2) is 10.4. The number of hydrogen-bond acceptors (Lipinski definition) is 6. The Hall–Kier alpha value is -3.55. The van der Waals surface area contributed by atoms with Crippen molar-refractivity contribution in [1.82, 2.24) is 5.43 Å². The summed E-state index contributed by atoms with van der Waals surface area (Å²) in [5.41, 5.74) is 2.87.